The van der Waals surface area contributed by atoms with E-state index in [-0.39, 0.29) is 5.91 Å². The second-order valence-corrected chi connectivity index (χ2v) is 6.18. The Morgan fingerprint density at radius 3 is 2.38 bits per heavy atom. The number of rotatable bonds is 5. The number of nitrogens with one attached hydrogen (secondary N) is 1. The quantitative estimate of drug-likeness (QED) is 0.876. The minimum atomic E-state index is -0.980. The van der Waals surface area contributed by atoms with Gasteiger partial charge in [0.15, 0.2) is 0 Å². The van der Waals surface area contributed by atoms with Crippen molar-refractivity contribution in [1.82, 2.24) is 5.32 Å². The summed E-state index contributed by atoms with van der Waals surface area (Å²) in [6.45, 7) is 1.95. The molecule has 1 amide bonds. The first kappa shape index (κ1) is 15.5. The fourth-order valence-electron chi connectivity index (χ4n) is 2.94. The smallest absolute Gasteiger partial charge is 0.326 e. The summed E-state index contributed by atoms with van der Waals surface area (Å²) in [7, 11) is 0. The summed E-state index contributed by atoms with van der Waals surface area (Å²) in [5, 5.41) is 12.1. The van der Waals surface area contributed by atoms with Crippen LogP contribution < -0.4 is 5.32 Å². The van der Waals surface area contributed by atoms with Crippen molar-refractivity contribution in [3.05, 3.63) is 35.9 Å². The Hall–Kier alpha value is -1.84. The predicted molar refractivity (Wildman–Crippen MR) is 80.9 cm³/mol. The van der Waals surface area contributed by atoms with E-state index in [0.29, 0.717) is 6.42 Å². The SMILES string of the molecule is CC1(C(=O)NC(Cc2ccccc2)C(=O)O)CCCCC1. The molecule has 1 aromatic carbocycles. The van der Waals surface area contributed by atoms with Crippen LogP contribution >= 0.6 is 0 Å². The average molecular weight is 289 g/mol. The molecule has 2 N–H and O–H groups in total. The van der Waals surface area contributed by atoms with E-state index in [0.717, 1.165) is 37.7 Å². The molecule has 0 heterocycles. The van der Waals surface area contributed by atoms with Crippen molar-refractivity contribution < 1.29 is 14.7 Å². The molecule has 1 saturated carbocycles. The molecule has 1 aromatic rings. The number of carbonyl (C=O) groups excluding carboxylic acids is 1. The molecule has 4 heteroatoms. The van der Waals surface area contributed by atoms with E-state index < -0.39 is 17.4 Å². The van der Waals surface area contributed by atoms with Crippen LogP contribution in [-0.4, -0.2) is 23.0 Å². The van der Waals surface area contributed by atoms with E-state index in [1.807, 2.05) is 37.3 Å². The van der Waals surface area contributed by atoms with Crippen LogP contribution in [0.15, 0.2) is 30.3 Å². The van der Waals surface area contributed by atoms with Crippen LogP contribution in [0, 0.1) is 5.41 Å². The second kappa shape index (κ2) is 6.74. The first-order valence-electron chi connectivity index (χ1n) is 7.59. The molecular weight excluding hydrogens is 266 g/mol. The van der Waals surface area contributed by atoms with Crippen molar-refractivity contribution in [3.8, 4) is 0 Å². The van der Waals surface area contributed by atoms with Crippen molar-refractivity contribution in [1.29, 1.82) is 0 Å². The maximum Gasteiger partial charge on any atom is 0.326 e. The summed E-state index contributed by atoms with van der Waals surface area (Å²) in [6.07, 6.45) is 5.25. The highest BCUT2D eigenvalue weighted by molar-refractivity contribution is 5.87. The van der Waals surface area contributed by atoms with E-state index in [2.05, 4.69) is 5.32 Å². The van der Waals surface area contributed by atoms with Crippen LogP contribution in [0.3, 0.4) is 0 Å². The van der Waals surface area contributed by atoms with Gasteiger partial charge in [-0.3, -0.25) is 4.79 Å². The molecule has 114 valence electrons. The molecule has 0 spiro atoms. The third kappa shape index (κ3) is 4.06. The van der Waals surface area contributed by atoms with Gasteiger partial charge in [0.2, 0.25) is 5.91 Å². The van der Waals surface area contributed by atoms with Gasteiger partial charge >= 0.3 is 5.97 Å². The Labute approximate surface area is 125 Å². The highest BCUT2D eigenvalue weighted by atomic mass is 16.4. The molecule has 1 atom stereocenters. The highest BCUT2D eigenvalue weighted by Gasteiger charge is 2.36. The number of carbonyl (C=O) groups is 2. The van der Waals surface area contributed by atoms with Gasteiger partial charge in [-0.25, -0.2) is 4.79 Å². The van der Waals surface area contributed by atoms with Crippen LogP contribution in [0.4, 0.5) is 0 Å². The van der Waals surface area contributed by atoms with Gasteiger partial charge in [0.05, 0.1) is 0 Å². The zero-order valence-corrected chi connectivity index (χ0v) is 12.5. The Kier molecular flexibility index (Phi) is 4.99. The molecule has 1 aliphatic rings. The summed E-state index contributed by atoms with van der Waals surface area (Å²) in [6, 6.07) is 8.53. The summed E-state index contributed by atoms with van der Waals surface area (Å²) in [5.41, 5.74) is 0.502. The molecular formula is C17H23NO3. The van der Waals surface area contributed by atoms with Crippen LogP contribution in [0.25, 0.3) is 0 Å². The van der Waals surface area contributed by atoms with Crippen LogP contribution in [0.2, 0.25) is 0 Å². The lowest BCUT2D eigenvalue weighted by Gasteiger charge is -2.33. The molecule has 21 heavy (non-hydrogen) atoms. The topological polar surface area (TPSA) is 66.4 Å². The van der Waals surface area contributed by atoms with Crippen molar-refractivity contribution >= 4 is 11.9 Å². The van der Waals surface area contributed by atoms with Gasteiger partial charge in [-0.05, 0) is 18.4 Å². The number of amides is 1. The van der Waals surface area contributed by atoms with Gasteiger partial charge in [-0.15, -0.1) is 0 Å². The third-order valence-electron chi connectivity index (χ3n) is 4.39. The molecule has 0 bridgehead atoms. The van der Waals surface area contributed by atoms with Crippen LogP contribution in [0.1, 0.15) is 44.6 Å². The van der Waals surface area contributed by atoms with E-state index in [1.165, 1.54) is 0 Å². The van der Waals surface area contributed by atoms with E-state index in [1.54, 1.807) is 0 Å². The Bertz CT molecular complexity index is 492. The van der Waals surface area contributed by atoms with E-state index in [9.17, 15) is 14.7 Å². The summed E-state index contributed by atoms with van der Waals surface area (Å²) in [5.74, 6) is -1.10. The molecule has 0 aliphatic heterocycles. The molecule has 0 radical (unpaired) electrons. The number of carboxylic acid groups (broad SMARTS) is 1. The van der Waals surface area contributed by atoms with Gasteiger partial charge in [-0.1, -0.05) is 56.5 Å². The standard InChI is InChI=1S/C17H23NO3/c1-17(10-6-3-7-11-17)16(21)18-14(15(19)20)12-13-8-4-2-5-9-13/h2,4-5,8-9,14H,3,6-7,10-12H2,1H3,(H,18,21)(H,19,20). The van der Waals surface area contributed by atoms with Gasteiger partial charge in [-0.2, -0.15) is 0 Å². The highest BCUT2D eigenvalue weighted by Crippen LogP contribution is 2.35. The first-order chi connectivity index (χ1) is 10.0. The summed E-state index contributed by atoms with van der Waals surface area (Å²) < 4.78 is 0. The van der Waals surface area contributed by atoms with Gasteiger partial charge in [0.1, 0.15) is 6.04 Å². The molecule has 4 nitrogen and oxygen atoms in total. The summed E-state index contributed by atoms with van der Waals surface area (Å²) >= 11 is 0. The minimum absolute atomic E-state index is 0.120. The zero-order chi connectivity index (χ0) is 15.3. The number of aliphatic carboxylic acids is 1. The first-order valence-corrected chi connectivity index (χ1v) is 7.59. The largest absolute Gasteiger partial charge is 0.480 e. The fourth-order valence-corrected chi connectivity index (χ4v) is 2.94. The summed E-state index contributed by atoms with van der Waals surface area (Å²) in [4.78, 5) is 23.9. The lowest BCUT2D eigenvalue weighted by Crippen LogP contribution is -2.49. The Balaban J connectivity index is 2.02. The molecule has 1 unspecified atom stereocenters. The van der Waals surface area contributed by atoms with Crippen molar-refractivity contribution in [2.75, 3.05) is 0 Å². The van der Waals surface area contributed by atoms with E-state index >= 15 is 0 Å². The maximum absolute atomic E-state index is 12.5. The normalized spacial score (nSPS) is 18.7. The fraction of sp³-hybridized carbons (Fsp3) is 0.529. The van der Waals surface area contributed by atoms with Crippen molar-refractivity contribution in [3.63, 3.8) is 0 Å². The number of hydrogen-bond donors (Lipinski definition) is 2. The molecule has 2 rings (SSSR count). The van der Waals surface area contributed by atoms with Crippen molar-refractivity contribution in [2.45, 2.75) is 51.5 Å². The second-order valence-electron chi connectivity index (χ2n) is 6.18. The Morgan fingerprint density at radius 2 is 1.81 bits per heavy atom. The zero-order valence-electron chi connectivity index (χ0n) is 12.5. The lowest BCUT2D eigenvalue weighted by atomic mass is 9.75. The molecule has 1 fully saturated rings. The maximum atomic E-state index is 12.5. The van der Waals surface area contributed by atoms with Crippen molar-refractivity contribution in [2.24, 2.45) is 5.41 Å². The van der Waals surface area contributed by atoms with Gasteiger partial charge in [0, 0.05) is 11.8 Å². The third-order valence-corrected chi connectivity index (χ3v) is 4.39. The number of hydrogen-bond acceptors (Lipinski definition) is 2. The van der Waals surface area contributed by atoms with E-state index in [4.69, 9.17) is 0 Å². The minimum Gasteiger partial charge on any atom is -0.480 e. The number of benzene rings is 1. The van der Waals surface area contributed by atoms with Crippen LogP contribution in [-0.2, 0) is 16.0 Å². The molecule has 0 saturated heterocycles. The molecule has 1 aliphatic carbocycles. The average Bonchev–Trinajstić information content (AvgIpc) is 2.48. The van der Waals surface area contributed by atoms with Crippen LogP contribution in [0.5, 0.6) is 0 Å². The number of carboxylic acids is 1. The van der Waals surface area contributed by atoms with Gasteiger partial charge < -0.3 is 10.4 Å². The monoisotopic (exact) mass is 289 g/mol. The molecule has 0 aromatic heterocycles. The predicted octanol–water partition coefficient (Wildman–Crippen LogP) is 2.77. The Morgan fingerprint density at radius 1 is 1.19 bits per heavy atom. The lowest BCUT2D eigenvalue weighted by molar-refractivity contribution is -0.144. The van der Waals surface area contributed by atoms with Gasteiger partial charge in [0.25, 0.3) is 0 Å².